The summed E-state index contributed by atoms with van der Waals surface area (Å²) in [6.07, 6.45) is 0.896. The van der Waals surface area contributed by atoms with E-state index in [1.54, 1.807) is 0 Å². The molecule has 13 heavy (non-hydrogen) atoms. The first-order chi connectivity index (χ1) is 5.95. The second kappa shape index (κ2) is 5.50. The van der Waals surface area contributed by atoms with Gasteiger partial charge in [-0.15, -0.1) is 0 Å². The fourth-order valence-electron chi connectivity index (χ4n) is 0.805. The molecule has 0 fully saturated rings. The van der Waals surface area contributed by atoms with Crippen molar-refractivity contribution < 1.29 is 19.8 Å². The molecule has 76 valence electrons. The molecule has 6 N–H and O–H groups in total. The van der Waals surface area contributed by atoms with Crippen molar-refractivity contribution in [1.29, 1.82) is 0 Å². The highest BCUT2D eigenvalue weighted by Gasteiger charge is 2.14. The van der Waals surface area contributed by atoms with Crippen molar-refractivity contribution in [1.82, 2.24) is 0 Å². The molecule has 0 amide bonds. The van der Waals surface area contributed by atoms with Crippen LogP contribution in [0.15, 0.2) is 0 Å². The number of hydrogen-bond acceptors (Lipinski definition) is 4. The van der Waals surface area contributed by atoms with Gasteiger partial charge in [0.05, 0.1) is 0 Å². The van der Waals surface area contributed by atoms with Crippen molar-refractivity contribution >= 4 is 11.9 Å². The minimum absolute atomic E-state index is 0.246. The monoisotopic (exact) mass is 197 g/mol. The first-order valence-electron chi connectivity index (χ1n) is 3.92. The Morgan fingerprint density at radius 1 is 1.00 bits per heavy atom. The molecule has 0 bridgehead atoms. The molecule has 0 aliphatic rings. The van der Waals surface area contributed by atoms with Crippen molar-refractivity contribution in [2.24, 2.45) is 11.5 Å². The molecule has 0 rings (SSSR count). The molecule has 6 heteroatoms. The predicted molar refractivity (Wildman–Crippen MR) is 45.1 cm³/mol. The smallest absolute Gasteiger partial charge is 0.320 e. The average molecular weight is 197 g/mol. The normalized spacial score (nSPS) is 14.9. The molecule has 0 radical (unpaired) electrons. The third-order valence-corrected chi connectivity index (χ3v) is 1.66. The van der Waals surface area contributed by atoms with E-state index in [4.69, 9.17) is 21.7 Å². The zero-order valence-corrected chi connectivity index (χ0v) is 7.14. The second-order valence-electron chi connectivity index (χ2n) is 2.82. The maximum Gasteiger partial charge on any atom is 0.320 e. The van der Waals surface area contributed by atoms with Crippen molar-refractivity contribution in [3.8, 4) is 0 Å². The molecule has 0 saturated heterocycles. The minimum atomic E-state index is -1.08. The van der Waals surface area contributed by atoms with Crippen molar-refractivity contribution in [3.63, 3.8) is 0 Å². The Bertz CT molecular complexity index is 175. The van der Waals surface area contributed by atoms with Crippen LogP contribution in [-0.4, -0.2) is 34.2 Å². The zero-order valence-electron chi connectivity index (χ0n) is 7.14. The van der Waals surface area contributed by atoms with Gasteiger partial charge >= 0.3 is 11.9 Å². The van der Waals surface area contributed by atoms with Gasteiger partial charge in [0.1, 0.15) is 12.1 Å². The van der Waals surface area contributed by atoms with Crippen LogP contribution in [0.5, 0.6) is 0 Å². The van der Waals surface area contributed by atoms with E-state index < -0.39 is 24.0 Å². The maximum atomic E-state index is 10.2. The summed E-state index contributed by atoms with van der Waals surface area (Å²) < 4.78 is 0. The van der Waals surface area contributed by atoms with Gasteiger partial charge in [-0.25, -0.2) is 0 Å². The standard InChI is InChI=1S/C7H14N2O4/c8-4(6(10)11)2-1-3-5(9)7(12)13/h4-5H,1-3,8-9H2,(H,10,11)(H,12,13)/t4-,5+/i1+1,2+1,3+1,4+1,5+1,6+1,7+1. The lowest BCUT2D eigenvalue weighted by Gasteiger charge is -2.07. The quantitative estimate of drug-likeness (QED) is 0.403. The summed E-state index contributed by atoms with van der Waals surface area (Å²) in [7, 11) is 0. The number of carboxylic acids is 2. The molecule has 0 unspecified atom stereocenters. The van der Waals surface area contributed by atoms with Gasteiger partial charge in [0, 0.05) is 0 Å². The lowest BCUT2D eigenvalue weighted by atomic mass is 11.0. The molecular formula is C7H14N2O4. The molecule has 6 nitrogen and oxygen atoms in total. The topological polar surface area (TPSA) is 127 Å². The third-order valence-electron chi connectivity index (χ3n) is 1.66. The summed E-state index contributed by atoms with van der Waals surface area (Å²) in [6.45, 7) is 0. The lowest BCUT2D eigenvalue weighted by molar-refractivity contribution is -0.139. The van der Waals surface area contributed by atoms with Gasteiger partial charge in [-0.05, 0) is 19.3 Å². The number of carbonyl (C=O) groups is 2. The Morgan fingerprint density at radius 2 is 1.31 bits per heavy atom. The summed E-state index contributed by atoms with van der Waals surface area (Å²) >= 11 is 0. The second-order valence-corrected chi connectivity index (χ2v) is 2.82. The summed E-state index contributed by atoms with van der Waals surface area (Å²) in [4.78, 5) is 20.5. The molecular weight excluding hydrogens is 183 g/mol. The van der Waals surface area contributed by atoms with Gasteiger partial charge in [-0.1, -0.05) is 0 Å². The largest absolute Gasteiger partial charge is 0.480 e. The molecule has 2 atom stereocenters. The summed E-state index contributed by atoms with van der Waals surface area (Å²) in [5.74, 6) is -2.16. The van der Waals surface area contributed by atoms with Crippen LogP contribution in [0.2, 0.25) is 0 Å². The maximum absolute atomic E-state index is 10.2. The van der Waals surface area contributed by atoms with Gasteiger partial charge < -0.3 is 21.7 Å². The van der Waals surface area contributed by atoms with Gasteiger partial charge in [0.15, 0.2) is 0 Å². The van der Waals surface area contributed by atoms with Crippen molar-refractivity contribution in [2.45, 2.75) is 31.3 Å². The zero-order chi connectivity index (χ0) is 10.4. The average Bonchev–Trinajstić information content (AvgIpc) is 2.03. The lowest BCUT2D eigenvalue weighted by Crippen LogP contribution is -2.33. The van der Waals surface area contributed by atoms with Crippen molar-refractivity contribution in [2.75, 3.05) is 0 Å². The van der Waals surface area contributed by atoms with E-state index in [1.165, 1.54) is 0 Å². The Balaban J connectivity index is 3.56. The molecule has 0 aliphatic carbocycles. The Labute approximate surface area is 75.5 Å². The first kappa shape index (κ1) is 11.9. The van der Waals surface area contributed by atoms with Gasteiger partial charge in [0.2, 0.25) is 0 Å². The fraction of sp³-hybridized carbons (Fsp3) is 0.714. The number of nitrogens with two attached hydrogens (primary N) is 2. The van der Waals surface area contributed by atoms with E-state index in [-0.39, 0.29) is 12.8 Å². The van der Waals surface area contributed by atoms with Crippen LogP contribution in [0.1, 0.15) is 19.3 Å². The highest BCUT2D eigenvalue weighted by atomic mass is 16.5. The van der Waals surface area contributed by atoms with Crippen LogP contribution < -0.4 is 11.5 Å². The summed E-state index contributed by atoms with van der Waals surface area (Å²) in [5, 5.41) is 16.8. The molecule has 0 saturated carbocycles. The van der Waals surface area contributed by atoms with Crippen LogP contribution in [0.4, 0.5) is 0 Å². The predicted octanol–water partition coefficient (Wildman–Crippen LogP) is -1.02. The highest BCUT2D eigenvalue weighted by Crippen LogP contribution is 2.01. The Kier molecular flexibility index (Phi) is 5.01. The number of aliphatic carboxylic acids is 2. The van der Waals surface area contributed by atoms with Gasteiger partial charge in [0.25, 0.3) is 0 Å². The molecule has 0 aliphatic heterocycles. The van der Waals surface area contributed by atoms with E-state index in [9.17, 15) is 9.59 Å². The summed E-state index contributed by atoms with van der Waals surface area (Å²) in [5.41, 5.74) is 10.4. The van der Waals surface area contributed by atoms with Gasteiger partial charge in [-0.2, -0.15) is 0 Å². The van der Waals surface area contributed by atoms with Gasteiger partial charge in [-0.3, -0.25) is 9.59 Å². The van der Waals surface area contributed by atoms with Crippen LogP contribution in [-0.2, 0) is 9.59 Å². The van der Waals surface area contributed by atoms with E-state index in [1.807, 2.05) is 0 Å². The van der Waals surface area contributed by atoms with Crippen LogP contribution >= 0.6 is 0 Å². The minimum Gasteiger partial charge on any atom is -0.480 e. The summed E-state index contributed by atoms with van der Waals surface area (Å²) in [6, 6.07) is -1.86. The van der Waals surface area contributed by atoms with E-state index in [2.05, 4.69) is 0 Å². The third kappa shape index (κ3) is 5.15. The number of hydrogen-bond donors (Lipinski definition) is 4. The highest BCUT2D eigenvalue weighted by molar-refractivity contribution is 5.73. The fourth-order valence-corrected chi connectivity index (χ4v) is 0.805. The SMILES string of the molecule is N[13C@H]([13CH2][13CH2][13CH2][13C@H](N)[13C](=O)O)[13C](=O)O. The Morgan fingerprint density at radius 3 is 1.54 bits per heavy atom. The Hall–Kier alpha value is -1.14. The molecule has 0 spiro atoms. The van der Waals surface area contributed by atoms with Crippen molar-refractivity contribution in [3.05, 3.63) is 0 Å². The molecule has 0 aromatic heterocycles. The van der Waals surface area contributed by atoms with Crippen LogP contribution in [0.25, 0.3) is 0 Å². The number of rotatable bonds is 6. The first-order valence-corrected chi connectivity index (χ1v) is 3.92. The van der Waals surface area contributed by atoms with E-state index in [0.717, 1.165) is 0 Å². The molecule has 0 heterocycles. The number of carboxylic acid groups (broad SMARTS) is 2. The van der Waals surface area contributed by atoms with E-state index in [0.29, 0.717) is 6.42 Å². The molecule has 0 aromatic rings. The molecule has 0 aromatic carbocycles. The van der Waals surface area contributed by atoms with Crippen LogP contribution in [0.3, 0.4) is 0 Å². The van der Waals surface area contributed by atoms with Crippen LogP contribution in [0, 0.1) is 0 Å². The van der Waals surface area contributed by atoms with E-state index >= 15 is 0 Å².